The lowest BCUT2D eigenvalue weighted by atomic mass is 10.1. The van der Waals surface area contributed by atoms with Crippen LogP contribution in [0.2, 0.25) is 0 Å². The monoisotopic (exact) mass is 343 g/mol. The number of thiazole rings is 1. The van der Waals surface area contributed by atoms with Crippen molar-refractivity contribution < 1.29 is 15.0 Å². The van der Waals surface area contributed by atoms with E-state index in [-0.39, 0.29) is 5.75 Å². The molecule has 0 aliphatic rings. The molecule has 0 radical (unpaired) electrons. The Balaban J connectivity index is 2.16. The van der Waals surface area contributed by atoms with Crippen molar-refractivity contribution in [3.63, 3.8) is 0 Å². The Morgan fingerprint density at radius 3 is 2.30 bits per heavy atom. The summed E-state index contributed by atoms with van der Waals surface area (Å²) in [5.41, 5.74) is 2.50. The van der Waals surface area contributed by atoms with Crippen LogP contribution in [0.25, 0.3) is 21.7 Å². The van der Waals surface area contributed by atoms with Crippen molar-refractivity contribution in [3.05, 3.63) is 59.6 Å². The molecule has 1 atom stereocenters. The van der Waals surface area contributed by atoms with Gasteiger partial charge < -0.3 is 10.2 Å². The molecule has 0 bridgehead atoms. The molecule has 116 valence electrons. The number of aromatic nitrogens is 1. The summed E-state index contributed by atoms with van der Waals surface area (Å²) in [5, 5.41) is 18.1. The van der Waals surface area contributed by atoms with Gasteiger partial charge in [-0.15, -0.1) is 11.3 Å². The minimum atomic E-state index is -1.03. The standard InChI is InChI=1S/C17H13NO3S2/c19-12-8-6-11(7-9-12)15-13(10-4-2-1-3-5-10)18-16(23-15)14(22)17(20)21/h1-9,14,19,22H,(H,20,21). The van der Waals surface area contributed by atoms with E-state index in [2.05, 4.69) is 17.6 Å². The van der Waals surface area contributed by atoms with Crippen LogP contribution in [-0.2, 0) is 4.79 Å². The average Bonchev–Trinajstić information content (AvgIpc) is 3.00. The van der Waals surface area contributed by atoms with Crippen molar-refractivity contribution in [2.24, 2.45) is 0 Å². The van der Waals surface area contributed by atoms with E-state index in [1.807, 2.05) is 30.3 Å². The van der Waals surface area contributed by atoms with E-state index < -0.39 is 11.2 Å². The third kappa shape index (κ3) is 3.23. The zero-order valence-corrected chi connectivity index (χ0v) is 13.6. The van der Waals surface area contributed by atoms with Crippen LogP contribution in [0.15, 0.2) is 54.6 Å². The highest BCUT2D eigenvalue weighted by molar-refractivity contribution is 7.81. The summed E-state index contributed by atoms with van der Waals surface area (Å²) < 4.78 is 0. The number of thiol groups is 1. The van der Waals surface area contributed by atoms with Gasteiger partial charge in [0.15, 0.2) is 5.25 Å². The smallest absolute Gasteiger partial charge is 0.323 e. The van der Waals surface area contributed by atoms with Crippen LogP contribution >= 0.6 is 24.0 Å². The van der Waals surface area contributed by atoms with E-state index in [1.165, 1.54) is 11.3 Å². The Hall–Kier alpha value is -2.31. The second-order valence-electron chi connectivity index (χ2n) is 4.88. The fourth-order valence-electron chi connectivity index (χ4n) is 2.16. The number of rotatable bonds is 4. The Bertz CT molecular complexity index is 829. The summed E-state index contributed by atoms with van der Waals surface area (Å²) in [6.45, 7) is 0. The lowest BCUT2D eigenvalue weighted by Crippen LogP contribution is -2.04. The molecule has 0 aliphatic heterocycles. The summed E-state index contributed by atoms with van der Waals surface area (Å²) in [4.78, 5) is 16.5. The maximum atomic E-state index is 11.2. The van der Waals surface area contributed by atoms with Gasteiger partial charge in [0.05, 0.1) is 10.6 Å². The molecule has 6 heteroatoms. The zero-order valence-electron chi connectivity index (χ0n) is 11.9. The predicted molar refractivity (Wildman–Crippen MR) is 94.0 cm³/mol. The summed E-state index contributed by atoms with van der Waals surface area (Å²) in [5.74, 6) is -0.851. The van der Waals surface area contributed by atoms with Crippen LogP contribution in [0.3, 0.4) is 0 Å². The fourth-order valence-corrected chi connectivity index (χ4v) is 3.45. The second kappa shape index (κ2) is 6.44. The van der Waals surface area contributed by atoms with E-state index in [0.29, 0.717) is 5.01 Å². The van der Waals surface area contributed by atoms with Gasteiger partial charge >= 0.3 is 5.97 Å². The van der Waals surface area contributed by atoms with Crippen LogP contribution in [0.1, 0.15) is 10.3 Å². The van der Waals surface area contributed by atoms with Crippen molar-refractivity contribution in [1.82, 2.24) is 4.98 Å². The lowest BCUT2D eigenvalue weighted by molar-refractivity contribution is -0.136. The van der Waals surface area contributed by atoms with Gasteiger partial charge in [-0.25, -0.2) is 4.98 Å². The molecule has 3 rings (SSSR count). The molecule has 0 spiro atoms. The number of carboxylic acid groups (broad SMARTS) is 1. The fraction of sp³-hybridized carbons (Fsp3) is 0.0588. The predicted octanol–water partition coefficient (Wildman–Crippen LogP) is 4.24. The number of phenols is 1. The maximum absolute atomic E-state index is 11.2. The topological polar surface area (TPSA) is 70.4 Å². The van der Waals surface area contributed by atoms with Crippen LogP contribution in [0, 0.1) is 0 Å². The summed E-state index contributed by atoms with van der Waals surface area (Å²) in [6.07, 6.45) is 0. The quantitative estimate of drug-likeness (QED) is 0.620. The van der Waals surface area contributed by atoms with E-state index in [9.17, 15) is 15.0 Å². The lowest BCUT2D eigenvalue weighted by Gasteiger charge is -2.03. The number of carbonyl (C=O) groups is 1. The summed E-state index contributed by atoms with van der Waals surface area (Å²) >= 11 is 5.42. The minimum absolute atomic E-state index is 0.178. The third-order valence-corrected chi connectivity index (χ3v) is 5.10. The van der Waals surface area contributed by atoms with Gasteiger partial charge in [-0.2, -0.15) is 12.6 Å². The molecule has 1 unspecified atom stereocenters. The van der Waals surface area contributed by atoms with Crippen molar-refractivity contribution >= 4 is 29.9 Å². The normalized spacial score (nSPS) is 12.0. The van der Waals surface area contributed by atoms with Crippen LogP contribution in [0.5, 0.6) is 5.75 Å². The zero-order chi connectivity index (χ0) is 16.4. The van der Waals surface area contributed by atoms with Crippen molar-refractivity contribution in [3.8, 4) is 27.4 Å². The first-order chi connectivity index (χ1) is 11.1. The minimum Gasteiger partial charge on any atom is -0.508 e. The third-order valence-electron chi connectivity index (χ3n) is 3.29. The summed E-state index contributed by atoms with van der Waals surface area (Å²) in [6, 6.07) is 16.3. The van der Waals surface area contributed by atoms with Crippen molar-refractivity contribution in [1.29, 1.82) is 0 Å². The summed E-state index contributed by atoms with van der Waals surface area (Å²) in [7, 11) is 0. The SMILES string of the molecule is O=C(O)C(S)c1nc(-c2ccccc2)c(-c2ccc(O)cc2)s1. The van der Waals surface area contributed by atoms with Crippen LogP contribution < -0.4 is 0 Å². The Morgan fingerprint density at radius 2 is 1.70 bits per heavy atom. The van der Waals surface area contributed by atoms with E-state index in [4.69, 9.17) is 0 Å². The number of phenolic OH excluding ortho intramolecular Hbond substituents is 1. The first kappa shape index (κ1) is 15.6. The van der Waals surface area contributed by atoms with E-state index >= 15 is 0 Å². The van der Waals surface area contributed by atoms with E-state index in [1.54, 1.807) is 24.3 Å². The molecule has 3 aromatic rings. The molecule has 2 N–H and O–H groups in total. The molecular formula is C17H13NO3S2. The van der Waals surface area contributed by atoms with Gasteiger partial charge in [0, 0.05) is 5.56 Å². The van der Waals surface area contributed by atoms with Crippen LogP contribution in [0.4, 0.5) is 0 Å². The van der Waals surface area contributed by atoms with Gasteiger partial charge in [0.2, 0.25) is 0 Å². The first-order valence-corrected chi connectivity index (χ1v) is 8.16. The number of aliphatic carboxylic acids is 1. The maximum Gasteiger partial charge on any atom is 0.323 e. The molecule has 2 aromatic carbocycles. The van der Waals surface area contributed by atoms with Gasteiger partial charge in [0.1, 0.15) is 10.8 Å². The number of benzene rings is 2. The number of hydrogen-bond donors (Lipinski definition) is 3. The molecule has 4 nitrogen and oxygen atoms in total. The molecule has 0 saturated heterocycles. The van der Waals surface area contributed by atoms with Gasteiger partial charge in [-0.05, 0) is 29.8 Å². The highest BCUT2D eigenvalue weighted by Gasteiger charge is 2.23. The molecule has 0 amide bonds. The largest absolute Gasteiger partial charge is 0.508 e. The van der Waals surface area contributed by atoms with Gasteiger partial charge in [0.25, 0.3) is 0 Å². The molecule has 1 aromatic heterocycles. The van der Waals surface area contributed by atoms with Crippen molar-refractivity contribution in [2.75, 3.05) is 0 Å². The Labute approximate surface area is 142 Å². The number of aromatic hydroxyl groups is 1. The van der Waals surface area contributed by atoms with Gasteiger partial charge in [-0.3, -0.25) is 4.79 Å². The average molecular weight is 343 g/mol. The Morgan fingerprint density at radius 1 is 1.04 bits per heavy atom. The van der Waals surface area contributed by atoms with E-state index in [0.717, 1.165) is 21.7 Å². The Kier molecular flexibility index (Phi) is 4.36. The number of hydrogen-bond acceptors (Lipinski definition) is 5. The second-order valence-corrected chi connectivity index (χ2v) is 6.43. The highest BCUT2D eigenvalue weighted by atomic mass is 32.1. The molecule has 23 heavy (non-hydrogen) atoms. The highest BCUT2D eigenvalue weighted by Crippen LogP contribution is 2.40. The molecule has 0 saturated carbocycles. The van der Waals surface area contributed by atoms with Crippen molar-refractivity contribution in [2.45, 2.75) is 5.25 Å². The van der Waals surface area contributed by atoms with Crippen LogP contribution in [-0.4, -0.2) is 21.2 Å². The van der Waals surface area contributed by atoms with Gasteiger partial charge in [-0.1, -0.05) is 30.3 Å². The number of carboxylic acids is 1. The molecule has 1 heterocycles. The number of nitrogens with zero attached hydrogens (tertiary/aromatic N) is 1. The molecule has 0 fully saturated rings. The molecular weight excluding hydrogens is 330 g/mol. The first-order valence-electron chi connectivity index (χ1n) is 6.82. The molecule has 0 aliphatic carbocycles.